The zero-order valence-corrected chi connectivity index (χ0v) is 13.4. The fourth-order valence-corrected chi connectivity index (χ4v) is 2.86. The summed E-state index contributed by atoms with van der Waals surface area (Å²) in [5, 5.41) is 14.1. The summed E-state index contributed by atoms with van der Waals surface area (Å²) in [7, 11) is 0. The Bertz CT molecular complexity index is 734. The van der Waals surface area contributed by atoms with Gasteiger partial charge in [-0.05, 0) is 43.0 Å². The molecule has 7 heteroatoms. The van der Waals surface area contributed by atoms with Gasteiger partial charge < -0.3 is 14.6 Å². The second kappa shape index (κ2) is 6.74. The molecule has 0 bridgehead atoms. The van der Waals surface area contributed by atoms with Crippen molar-refractivity contribution in [1.82, 2.24) is 0 Å². The number of hydrogen-bond acceptors (Lipinski definition) is 5. The Kier molecular flexibility index (Phi) is 4.50. The molecule has 0 spiro atoms. The van der Waals surface area contributed by atoms with Crippen molar-refractivity contribution in [2.75, 3.05) is 23.3 Å². The highest BCUT2D eigenvalue weighted by molar-refractivity contribution is 6.02. The van der Waals surface area contributed by atoms with E-state index in [1.165, 1.54) is 18.4 Å². The molecule has 1 amide bonds. The van der Waals surface area contributed by atoms with Crippen LogP contribution in [-0.4, -0.2) is 23.9 Å². The number of hydrogen-bond donors (Lipinski definition) is 1. The second-order valence-corrected chi connectivity index (χ2v) is 6.06. The summed E-state index contributed by atoms with van der Waals surface area (Å²) in [6.45, 7) is 3.80. The van der Waals surface area contributed by atoms with Gasteiger partial charge in [0.25, 0.3) is 11.6 Å². The smallest absolute Gasteiger partial charge is 0.294 e. The lowest BCUT2D eigenvalue weighted by molar-refractivity contribution is -0.384. The lowest BCUT2D eigenvalue weighted by atomic mass is 9.98. The van der Waals surface area contributed by atoms with Crippen molar-refractivity contribution in [2.45, 2.75) is 19.8 Å². The van der Waals surface area contributed by atoms with Gasteiger partial charge >= 0.3 is 0 Å². The third-order valence-electron chi connectivity index (χ3n) is 4.30. The van der Waals surface area contributed by atoms with Crippen LogP contribution in [0.5, 0.6) is 0 Å². The summed E-state index contributed by atoms with van der Waals surface area (Å²) in [5.74, 6) is 0.368. The molecule has 3 rings (SSSR count). The Morgan fingerprint density at radius 1 is 1.33 bits per heavy atom. The van der Waals surface area contributed by atoms with E-state index in [4.69, 9.17) is 4.42 Å². The first-order valence-electron chi connectivity index (χ1n) is 7.93. The van der Waals surface area contributed by atoms with Gasteiger partial charge in [0.15, 0.2) is 5.76 Å². The third-order valence-corrected chi connectivity index (χ3v) is 4.30. The number of piperidine rings is 1. The van der Waals surface area contributed by atoms with E-state index in [9.17, 15) is 14.9 Å². The van der Waals surface area contributed by atoms with Crippen LogP contribution < -0.4 is 10.2 Å². The topological polar surface area (TPSA) is 88.6 Å². The number of nitro groups is 1. The number of carbonyl (C=O) groups excluding carboxylic acids is 1. The Morgan fingerprint density at radius 3 is 2.71 bits per heavy atom. The van der Waals surface area contributed by atoms with E-state index in [2.05, 4.69) is 12.2 Å². The second-order valence-electron chi connectivity index (χ2n) is 6.06. The Labute approximate surface area is 139 Å². The molecule has 0 atom stereocenters. The van der Waals surface area contributed by atoms with Crippen molar-refractivity contribution in [3.63, 3.8) is 0 Å². The zero-order valence-electron chi connectivity index (χ0n) is 13.4. The molecule has 2 heterocycles. The lowest BCUT2D eigenvalue weighted by Crippen LogP contribution is -2.33. The molecule has 1 N–H and O–H groups in total. The number of nitrogens with one attached hydrogen (secondary N) is 1. The number of benzene rings is 1. The van der Waals surface area contributed by atoms with Crippen LogP contribution >= 0.6 is 0 Å². The van der Waals surface area contributed by atoms with E-state index in [0.29, 0.717) is 17.3 Å². The van der Waals surface area contributed by atoms with Crippen LogP contribution in [0.3, 0.4) is 0 Å². The monoisotopic (exact) mass is 329 g/mol. The minimum absolute atomic E-state index is 0.00166. The van der Waals surface area contributed by atoms with Gasteiger partial charge in [0.1, 0.15) is 5.69 Å². The normalized spacial score (nSPS) is 15.3. The van der Waals surface area contributed by atoms with Crippen molar-refractivity contribution in [3.8, 4) is 0 Å². The molecule has 24 heavy (non-hydrogen) atoms. The molecule has 1 aromatic heterocycles. The van der Waals surface area contributed by atoms with Gasteiger partial charge in [-0.15, -0.1) is 0 Å². The number of furan rings is 1. The first-order valence-corrected chi connectivity index (χ1v) is 7.93. The fourth-order valence-electron chi connectivity index (χ4n) is 2.86. The molecule has 126 valence electrons. The SMILES string of the molecule is CC1CCN(c2ccc(NC(=O)c3ccco3)cc2[N+](=O)[O-])CC1. The van der Waals surface area contributed by atoms with E-state index < -0.39 is 10.8 Å². The Hall–Kier alpha value is -2.83. The maximum absolute atomic E-state index is 12.0. The van der Waals surface area contributed by atoms with Crippen LogP contribution in [-0.2, 0) is 0 Å². The van der Waals surface area contributed by atoms with Crippen molar-refractivity contribution in [2.24, 2.45) is 5.92 Å². The van der Waals surface area contributed by atoms with E-state index in [1.54, 1.807) is 18.2 Å². The standard InChI is InChI=1S/C17H19N3O4/c1-12-6-8-19(9-7-12)14-5-4-13(11-15(14)20(22)23)18-17(21)16-3-2-10-24-16/h2-5,10-12H,6-9H2,1H3,(H,18,21). The lowest BCUT2D eigenvalue weighted by Gasteiger charge is -2.31. The van der Waals surface area contributed by atoms with Crippen LogP contribution in [0.25, 0.3) is 0 Å². The van der Waals surface area contributed by atoms with Gasteiger partial charge in [0.2, 0.25) is 0 Å². The maximum Gasteiger partial charge on any atom is 0.294 e. The Balaban J connectivity index is 1.82. The molecule has 0 aliphatic carbocycles. The van der Waals surface area contributed by atoms with Crippen LogP contribution in [0.4, 0.5) is 17.1 Å². The summed E-state index contributed by atoms with van der Waals surface area (Å²) in [4.78, 5) is 25.1. The number of carbonyl (C=O) groups is 1. The highest BCUT2D eigenvalue weighted by Gasteiger charge is 2.24. The average Bonchev–Trinajstić information content (AvgIpc) is 3.10. The molecule has 0 radical (unpaired) electrons. The van der Waals surface area contributed by atoms with E-state index in [1.807, 2.05) is 4.90 Å². The van der Waals surface area contributed by atoms with Crippen molar-refractivity contribution < 1.29 is 14.1 Å². The summed E-state index contributed by atoms with van der Waals surface area (Å²) < 4.78 is 5.02. The van der Waals surface area contributed by atoms with E-state index in [0.717, 1.165) is 25.9 Å². The van der Waals surface area contributed by atoms with Gasteiger partial charge in [0.05, 0.1) is 11.2 Å². The van der Waals surface area contributed by atoms with Crippen LogP contribution in [0.1, 0.15) is 30.3 Å². The number of rotatable bonds is 4. The molecule has 1 fully saturated rings. The van der Waals surface area contributed by atoms with Gasteiger partial charge in [-0.2, -0.15) is 0 Å². The summed E-state index contributed by atoms with van der Waals surface area (Å²) >= 11 is 0. The minimum atomic E-state index is -0.436. The van der Waals surface area contributed by atoms with Crippen molar-refractivity contribution in [1.29, 1.82) is 0 Å². The molecule has 0 unspecified atom stereocenters. The molecule has 1 saturated heterocycles. The predicted octanol–water partition coefficient (Wildman–Crippen LogP) is 3.68. The molecule has 1 aliphatic rings. The van der Waals surface area contributed by atoms with Crippen molar-refractivity contribution in [3.05, 3.63) is 52.5 Å². The quantitative estimate of drug-likeness (QED) is 0.683. The van der Waals surface area contributed by atoms with Crippen LogP contribution in [0.2, 0.25) is 0 Å². The van der Waals surface area contributed by atoms with Gasteiger partial charge in [-0.25, -0.2) is 0 Å². The molecular formula is C17H19N3O4. The van der Waals surface area contributed by atoms with Crippen LogP contribution in [0.15, 0.2) is 41.0 Å². The number of nitro benzene ring substituents is 1. The van der Waals surface area contributed by atoms with E-state index >= 15 is 0 Å². The molecule has 7 nitrogen and oxygen atoms in total. The largest absolute Gasteiger partial charge is 0.459 e. The highest BCUT2D eigenvalue weighted by atomic mass is 16.6. The summed E-state index contributed by atoms with van der Waals surface area (Å²) in [6.07, 6.45) is 3.44. The molecule has 0 saturated carbocycles. The number of nitrogens with zero attached hydrogens (tertiary/aromatic N) is 2. The zero-order chi connectivity index (χ0) is 17.1. The highest BCUT2D eigenvalue weighted by Crippen LogP contribution is 2.33. The van der Waals surface area contributed by atoms with Gasteiger partial charge in [0, 0.05) is 24.8 Å². The maximum atomic E-state index is 12.0. The predicted molar refractivity (Wildman–Crippen MR) is 90.4 cm³/mol. The number of amides is 1. The summed E-state index contributed by atoms with van der Waals surface area (Å²) in [6, 6.07) is 7.92. The third kappa shape index (κ3) is 3.40. The van der Waals surface area contributed by atoms with Gasteiger partial charge in [-0.1, -0.05) is 6.92 Å². The minimum Gasteiger partial charge on any atom is -0.459 e. The molecular weight excluding hydrogens is 310 g/mol. The van der Waals surface area contributed by atoms with Gasteiger partial charge in [-0.3, -0.25) is 14.9 Å². The first-order chi connectivity index (χ1) is 11.5. The summed E-state index contributed by atoms with van der Waals surface area (Å²) in [5.41, 5.74) is 0.974. The van der Waals surface area contributed by atoms with Crippen LogP contribution in [0, 0.1) is 16.0 Å². The van der Waals surface area contributed by atoms with Crippen molar-refractivity contribution >= 4 is 23.0 Å². The van der Waals surface area contributed by atoms with E-state index in [-0.39, 0.29) is 11.4 Å². The fraction of sp³-hybridized carbons (Fsp3) is 0.353. The molecule has 1 aromatic carbocycles. The average molecular weight is 329 g/mol. The Morgan fingerprint density at radius 2 is 2.08 bits per heavy atom. The number of anilines is 2. The first kappa shape index (κ1) is 16.0. The molecule has 2 aromatic rings. The molecule has 1 aliphatic heterocycles.